The smallest absolute Gasteiger partial charge is 0.248 e. The van der Waals surface area contributed by atoms with E-state index in [1.165, 1.54) is 6.08 Å². The second kappa shape index (κ2) is 9.62. The molecule has 0 bridgehead atoms. The quantitative estimate of drug-likeness (QED) is 0.228. The van der Waals surface area contributed by atoms with Crippen molar-refractivity contribution < 1.29 is 13.6 Å². The summed E-state index contributed by atoms with van der Waals surface area (Å²) in [4.78, 5) is 17.1. The molecule has 1 N–H and O–H groups in total. The zero-order valence-electron chi connectivity index (χ0n) is 19.2. The average molecular weight is 525 g/mol. The molecule has 0 aliphatic carbocycles. The van der Waals surface area contributed by atoms with Gasteiger partial charge in [0.2, 0.25) is 11.8 Å². The molecule has 6 aromatic rings. The maximum Gasteiger partial charge on any atom is 0.248 e. The normalized spacial score (nSPS) is 11.5. The van der Waals surface area contributed by atoms with Crippen LogP contribution in [0.4, 0.5) is 5.69 Å². The van der Waals surface area contributed by atoms with E-state index >= 15 is 0 Å². The topological polar surface area (TPSA) is 68.3 Å². The van der Waals surface area contributed by atoms with Gasteiger partial charge in [0, 0.05) is 32.9 Å². The Balaban J connectivity index is 1.17. The molecule has 0 saturated carbocycles. The summed E-state index contributed by atoms with van der Waals surface area (Å²) < 4.78 is 11.8. The van der Waals surface area contributed by atoms with Gasteiger partial charge in [-0.2, -0.15) is 0 Å². The van der Waals surface area contributed by atoms with Crippen molar-refractivity contribution >= 4 is 62.7 Å². The monoisotopic (exact) mass is 524 g/mol. The number of anilines is 1. The summed E-state index contributed by atoms with van der Waals surface area (Å²) in [5, 5.41) is 6.15. The van der Waals surface area contributed by atoms with Crippen LogP contribution in [0.1, 0.15) is 5.76 Å². The largest absolute Gasteiger partial charge is 0.457 e. The molecule has 0 aliphatic rings. The van der Waals surface area contributed by atoms with Gasteiger partial charge in [-0.15, -0.1) is 0 Å². The first-order chi connectivity index (χ1) is 18.0. The number of oxazole rings is 1. The van der Waals surface area contributed by atoms with E-state index in [4.69, 9.17) is 32.0 Å². The van der Waals surface area contributed by atoms with Gasteiger partial charge in [-0.05, 0) is 77.5 Å². The van der Waals surface area contributed by atoms with Gasteiger partial charge in [-0.1, -0.05) is 53.5 Å². The third-order valence-corrected chi connectivity index (χ3v) is 6.26. The highest BCUT2D eigenvalue weighted by Crippen LogP contribution is 2.30. The van der Waals surface area contributed by atoms with Crippen LogP contribution >= 0.6 is 23.2 Å². The fourth-order valence-electron chi connectivity index (χ4n) is 4.09. The fraction of sp³-hybridized carbons (Fsp3) is 0. The van der Waals surface area contributed by atoms with E-state index in [9.17, 15) is 4.79 Å². The van der Waals surface area contributed by atoms with E-state index < -0.39 is 0 Å². The SMILES string of the molecule is O=C(/C=C/c1ccc(-c2cc(Cl)cc(Cl)c2)o1)Nc1ccc2oc(-c3ccc4ccccc4c3)nc2c1. The molecular weight excluding hydrogens is 507 g/mol. The van der Waals surface area contributed by atoms with Crippen LogP contribution in [-0.4, -0.2) is 10.9 Å². The van der Waals surface area contributed by atoms with E-state index in [1.807, 2.05) is 24.3 Å². The lowest BCUT2D eigenvalue weighted by molar-refractivity contribution is -0.111. The standard InChI is InChI=1S/C30H18Cl2N2O3/c31-22-14-21(15-23(32)16-22)27-11-8-25(36-27)9-12-29(35)33-24-7-10-28-26(17-24)34-30(37-28)20-6-5-18-3-1-2-4-19(18)13-20/h1-17H,(H,33,35)/b12-9+. The van der Waals surface area contributed by atoms with E-state index in [0.717, 1.165) is 21.9 Å². The van der Waals surface area contributed by atoms with Crippen molar-refractivity contribution in [3.8, 4) is 22.8 Å². The van der Waals surface area contributed by atoms with Crippen molar-refractivity contribution in [1.29, 1.82) is 0 Å². The Morgan fingerprint density at radius 1 is 0.784 bits per heavy atom. The highest BCUT2D eigenvalue weighted by Gasteiger charge is 2.11. The molecule has 2 aromatic heterocycles. The first kappa shape index (κ1) is 23.1. The number of halogens is 2. The minimum atomic E-state index is -0.304. The molecule has 2 heterocycles. The van der Waals surface area contributed by atoms with Gasteiger partial charge in [0.05, 0.1) is 0 Å². The minimum Gasteiger partial charge on any atom is -0.457 e. The molecule has 0 fully saturated rings. The molecule has 1 amide bonds. The Hall–Kier alpha value is -4.32. The van der Waals surface area contributed by atoms with Gasteiger partial charge >= 0.3 is 0 Å². The Morgan fingerprint density at radius 2 is 1.59 bits per heavy atom. The lowest BCUT2D eigenvalue weighted by atomic mass is 10.1. The van der Waals surface area contributed by atoms with Crippen LogP contribution in [0.2, 0.25) is 10.0 Å². The number of carbonyl (C=O) groups is 1. The Labute approximate surface area is 221 Å². The molecule has 4 aromatic carbocycles. The summed E-state index contributed by atoms with van der Waals surface area (Å²) in [7, 11) is 0. The Kier molecular flexibility index (Phi) is 6.01. The second-order valence-electron chi connectivity index (χ2n) is 8.45. The fourth-order valence-corrected chi connectivity index (χ4v) is 4.61. The van der Waals surface area contributed by atoms with Gasteiger partial charge in [-0.3, -0.25) is 4.79 Å². The number of aromatic nitrogens is 1. The number of amides is 1. The summed E-state index contributed by atoms with van der Waals surface area (Å²) >= 11 is 12.1. The summed E-state index contributed by atoms with van der Waals surface area (Å²) in [6, 6.07) is 28.3. The molecule has 0 saturated heterocycles. The third-order valence-electron chi connectivity index (χ3n) is 5.82. The van der Waals surface area contributed by atoms with Crippen LogP contribution in [0, 0.1) is 0 Å². The number of furan rings is 1. The average Bonchev–Trinajstić information content (AvgIpc) is 3.54. The summed E-state index contributed by atoms with van der Waals surface area (Å²) in [6.45, 7) is 0. The number of benzene rings is 4. The van der Waals surface area contributed by atoms with E-state index in [0.29, 0.717) is 44.2 Å². The first-order valence-corrected chi connectivity index (χ1v) is 12.2. The number of hydrogen-bond donors (Lipinski definition) is 1. The lowest BCUT2D eigenvalue weighted by Gasteiger charge is -2.01. The third kappa shape index (κ3) is 5.00. The maximum atomic E-state index is 12.5. The molecule has 0 atom stereocenters. The highest BCUT2D eigenvalue weighted by atomic mass is 35.5. The molecular formula is C30H18Cl2N2O3. The molecule has 0 aliphatic heterocycles. The number of carbonyl (C=O) groups excluding carboxylic acids is 1. The number of rotatable bonds is 5. The lowest BCUT2D eigenvalue weighted by Crippen LogP contribution is -2.07. The molecule has 37 heavy (non-hydrogen) atoms. The zero-order valence-corrected chi connectivity index (χ0v) is 20.8. The van der Waals surface area contributed by atoms with Crippen molar-refractivity contribution in [3.63, 3.8) is 0 Å². The Bertz CT molecular complexity index is 1800. The van der Waals surface area contributed by atoms with Crippen molar-refractivity contribution in [2.75, 3.05) is 5.32 Å². The van der Waals surface area contributed by atoms with Gasteiger partial charge in [0.15, 0.2) is 5.58 Å². The van der Waals surface area contributed by atoms with Crippen LogP contribution in [-0.2, 0) is 4.79 Å². The van der Waals surface area contributed by atoms with Gasteiger partial charge in [-0.25, -0.2) is 4.98 Å². The van der Waals surface area contributed by atoms with Crippen LogP contribution in [0.25, 0.3) is 50.7 Å². The molecule has 0 spiro atoms. The van der Waals surface area contributed by atoms with Crippen LogP contribution in [0.15, 0.2) is 106 Å². The van der Waals surface area contributed by atoms with Gasteiger partial charge in [0.25, 0.3) is 0 Å². The van der Waals surface area contributed by atoms with E-state index in [2.05, 4.69) is 28.5 Å². The van der Waals surface area contributed by atoms with E-state index in [1.54, 1.807) is 54.6 Å². The molecule has 180 valence electrons. The van der Waals surface area contributed by atoms with Crippen LogP contribution in [0.5, 0.6) is 0 Å². The summed E-state index contributed by atoms with van der Waals surface area (Å²) in [6.07, 6.45) is 3.00. The van der Waals surface area contributed by atoms with Crippen molar-refractivity contribution in [2.24, 2.45) is 0 Å². The molecule has 5 nitrogen and oxygen atoms in total. The first-order valence-electron chi connectivity index (χ1n) is 11.5. The summed E-state index contributed by atoms with van der Waals surface area (Å²) in [5.74, 6) is 1.34. The maximum absolute atomic E-state index is 12.5. The zero-order chi connectivity index (χ0) is 25.4. The number of nitrogens with one attached hydrogen (secondary N) is 1. The molecule has 0 unspecified atom stereocenters. The summed E-state index contributed by atoms with van der Waals surface area (Å²) in [5.41, 5.74) is 3.54. The van der Waals surface area contributed by atoms with Crippen molar-refractivity contribution in [1.82, 2.24) is 4.98 Å². The van der Waals surface area contributed by atoms with Crippen LogP contribution in [0.3, 0.4) is 0 Å². The van der Waals surface area contributed by atoms with Crippen molar-refractivity contribution in [3.05, 3.63) is 113 Å². The minimum absolute atomic E-state index is 0.304. The number of nitrogens with zero attached hydrogens (tertiary/aromatic N) is 1. The molecule has 7 heteroatoms. The van der Waals surface area contributed by atoms with Gasteiger partial charge < -0.3 is 14.2 Å². The van der Waals surface area contributed by atoms with Gasteiger partial charge in [0.1, 0.15) is 17.0 Å². The highest BCUT2D eigenvalue weighted by molar-refractivity contribution is 6.35. The predicted molar refractivity (Wildman–Crippen MR) is 149 cm³/mol. The van der Waals surface area contributed by atoms with E-state index in [-0.39, 0.29) is 5.91 Å². The predicted octanol–water partition coefficient (Wildman–Crippen LogP) is 8.87. The van der Waals surface area contributed by atoms with Crippen LogP contribution < -0.4 is 5.32 Å². The molecule has 0 radical (unpaired) electrons. The number of fused-ring (bicyclic) bond motifs is 2. The molecule has 6 rings (SSSR count). The Morgan fingerprint density at radius 3 is 2.43 bits per heavy atom. The second-order valence-corrected chi connectivity index (χ2v) is 9.32. The number of hydrogen-bond acceptors (Lipinski definition) is 4. The van der Waals surface area contributed by atoms with Crippen molar-refractivity contribution in [2.45, 2.75) is 0 Å².